The standard InChI is InChI=1S/C8H13NO2/c1-11-8(10)6-4-5-2-3-7(6)9-5/h5-7,9H,2-4H2,1H3/t5-,6-,7+/m1/s1. The summed E-state index contributed by atoms with van der Waals surface area (Å²) in [6.07, 6.45) is 3.36. The van der Waals surface area contributed by atoms with Crippen LogP contribution in [-0.4, -0.2) is 25.2 Å². The van der Waals surface area contributed by atoms with Gasteiger partial charge in [0.2, 0.25) is 0 Å². The molecule has 2 fully saturated rings. The number of fused-ring (bicyclic) bond motifs is 2. The number of hydrogen-bond donors (Lipinski definition) is 1. The maximum atomic E-state index is 11.1. The lowest BCUT2D eigenvalue weighted by molar-refractivity contribution is -0.146. The van der Waals surface area contributed by atoms with Gasteiger partial charge in [-0.25, -0.2) is 0 Å². The molecular weight excluding hydrogens is 142 g/mol. The summed E-state index contributed by atoms with van der Waals surface area (Å²) in [5.41, 5.74) is 0. The summed E-state index contributed by atoms with van der Waals surface area (Å²) < 4.78 is 4.71. The molecule has 0 spiro atoms. The van der Waals surface area contributed by atoms with E-state index in [0.717, 1.165) is 12.8 Å². The minimum absolute atomic E-state index is 0.0373. The maximum Gasteiger partial charge on any atom is 0.310 e. The van der Waals surface area contributed by atoms with Gasteiger partial charge in [0.1, 0.15) is 0 Å². The van der Waals surface area contributed by atoms with E-state index in [1.807, 2.05) is 0 Å². The topological polar surface area (TPSA) is 38.3 Å². The number of methoxy groups -OCH3 is 1. The first kappa shape index (κ1) is 7.10. The highest BCUT2D eigenvalue weighted by Crippen LogP contribution is 2.33. The molecule has 2 aliphatic rings. The molecule has 2 heterocycles. The quantitative estimate of drug-likeness (QED) is 0.553. The van der Waals surface area contributed by atoms with Crippen molar-refractivity contribution in [3.63, 3.8) is 0 Å². The van der Waals surface area contributed by atoms with Crippen molar-refractivity contribution in [1.29, 1.82) is 0 Å². The Morgan fingerprint density at radius 1 is 1.55 bits per heavy atom. The highest BCUT2D eigenvalue weighted by molar-refractivity contribution is 5.74. The van der Waals surface area contributed by atoms with Crippen molar-refractivity contribution in [3.05, 3.63) is 0 Å². The molecule has 3 atom stereocenters. The molecule has 1 N–H and O–H groups in total. The van der Waals surface area contributed by atoms with Crippen LogP contribution in [-0.2, 0) is 9.53 Å². The van der Waals surface area contributed by atoms with Gasteiger partial charge in [-0.15, -0.1) is 0 Å². The van der Waals surface area contributed by atoms with Crippen LogP contribution in [0.4, 0.5) is 0 Å². The normalized spacial score (nSPS) is 41.0. The minimum Gasteiger partial charge on any atom is -0.469 e. The predicted octanol–water partition coefficient (Wildman–Crippen LogP) is 0.300. The van der Waals surface area contributed by atoms with Crippen molar-refractivity contribution in [3.8, 4) is 0 Å². The first-order valence-corrected chi connectivity index (χ1v) is 4.15. The Kier molecular flexibility index (Phi) is 1.60. The second kappa shape index (κ2) is 2.48. The monoisotopic (exact) mass is 155 g/mol. The third-order valence-corrected chi connectivity index (χ3v) is 2.80. The van der Waals surface area contributed by atoms with Gasteiger partial charge in [0.25, 0.3) is 0 Å². The number of carbonyl (C=O) groups excluding carboxylic acids is 1. The van der Waals surface area contributed by atoms with E-state index in [1.165, 1.54) is 13.5 Å². The average Bonchev–Trinajstić information content (AvgIpc) is 2.62. The summed E-state index contributed by atoms with van der Waals surface area (Å²) in [6.45, 7) is 0. The summed E-state index contributed by atoms with van der Waals surface area (Å²) in [5.74, 6) is 0.100. The third-order valence-electron chi connectivity index (χ3n) is 2.80. The largest absolute Gasteiger partial charge is 0.469 e. The van der Waals surface area contributed by atoms with Crippen molar-refractivity contribution in [1.82, 2.24) is 5.32 Å². The minimum atomic E-state index is -0.0373. The average molecular weight is 155 g/mol. The summed E-state index contributed by atoms with van der Waals surface area (Å²) in [5, 5.41) is 3.39. The van der Waals surface area contributed by atoms with Crippen molar-refractivity contribution in [2.75, 3.05) is 7.11 Å². The zero-order valence-electron chi connectivity index (χ0n) is 6.67. The van der Waals surface area contributed by atoms with Gasteiger partial charge in [0, 0.05) is 12.1 Å². The summed E-state index contributed by atoms with van der Waals surface area (Å²) >= 11 is 0. The molecule has 11 heavy (non-hydrogen) atoms. The van der Waals surface area contributed by atoms with Gasteiger partial charge in [-0.05, 0) is 19.3 Å². The molecule has 0 aromatic rings. The maximum absolute atomic E-state index is 11.1. The van der Waals surface area contributed by atoms with Crippen LogP contribution < -0.4 is 5.32 Å². The molecule has 0 amide bonds. The van der Waals surface area contributed by atoms with E-state index in [2.05, 4.69) is 5.32 Å². The summed E-state index contributed by atoms with van der Waals surface area (Å²) in [4.78, 5) is 11.1. The van der Waals surface area contributed by atoms with Crippen LogP contribution in [0.5, 0.6) is 0 Å². The van der Waals surface area contributed by atoms with Crippen molar-refractivity contribution < 1.29 is 9.53 Å². The molecule has 3 nitrogen and oxygen atoms in total. The van der Waals surface area contributed by atoms with Crippen LogP contribution in [0.3, 0.4) is 0 Å². The van der Waals surface area contributed by atoms with Gasteiger partial charge >= 0.3 is 5.97 Å². The molecule has 0 radical (unpaired) electrons. The highest BCUT2D eigenvalue weighted by Gasteiger charge is 2.43. The van der Waals surface area contributed by atoms with Gasteiger partial charge in [0.05, 0.1) is 13.0 Å². The molecule has 2 rings (SSSR count). The lowest BCUT2D eigenvalue weighted by Crippen LogP contribution is -2.29. The van der Waals surface area contributed by atoms with Gasteiger partial charge < -0.3 is 10.1 Å². The zero-order valence-corrected chi connectivity index (χ0v) is 6.67. The second-order valence-corrected chi connectivity index (χ2v) is 3.41. The van der Waals surface area contributed by atoms with E-state index in [0.29, 0.717) is 12.1 Å². The first-order chi connectivity index (χ1) is 5.31. The summed E-state index contributed by atoms with van der Waals surface area (Å²) in [7, 11) is 1.47. The number of rotatable bonds is 1. The van der Waals surface area contributed by atoms with Crippen LogP contribution >= 0.6 is 0 Å². The Bertz CT molecular complexity index is 181. The summed E-state index contributed by atoms with van der Waals surface area (Å²) in [6, 6.07) is 0.997. The molecule has 62 valence electrons. The molecule has 2 aliphatic heterocycles. The Hall–Kier alpha value is -0.570. The van der Waals surface area contributed by atoms with Gasteiger partial charge in [-0.2, -0.15) is 0 Å². The van der Waals surface area contributed by atoms with E-state index in [9.17, 15) is 4.79 Å². The Balaban J connectivity index is 2.02. The fourth-order valence-corrected chi connectivity index (χ4v) is 2.24. The molecule has 0 aliphatic carbocycles. The smallest absolute Gasteiger partial charge is 0.310 e. The van der Waals surface area contributed by atoms with Crippen molar-refractivity contribution in [2.24, 2.45) is 5.92 Å². The van der Waals surface area contributed by atoms with Gasteiger partial charge in [-0.1, -0.05) is 0 Å². The molecule has 2 bridgehead atoms. The molecule has 0 saturated carbocycles. The van der Waals surface area contributed by atoms with Crippen LogP contribution in [0.25, 0.3) is 0 Å². The fourth-order valence-electron chi connectivity index (χ4n) is 2.24. The van der Waals surface area contributed by atoms with Crippen LogP contribution in [0.15, 0.2) is 0 Å². The van der Waals surface area contributed by atoms with Crippen LogP contribution in [0.2, 0.25) is 0 Å². The van der Waals surface area contributed by atoms with Crippen LogP contribution in [0, 0.1) is 5.92 Å². The molecule has 0 aromatic heterocycles. The molecular formula is C8H13NO2. The number of nitrogens with one attached hydrogen (secondary N) is 1. The number of hydrogen-bond acceptors (Lipinski definition) is 3. The Morgan fingerprint density at radius 3 is 2.82 bits per heavy atom. The van der Waals surface area contributed by atoms with Crippen LogP contribution in [0.1, 0.15) is 19.3 Å². The highest BCUT2D eigenvalue weighted by atomic mass is 16.5. The lowest BCUT2D eigenvalue weighted by atomic mass is 9.89. The fraction of sp³-hybridized carbons (Fsp3) is 0.875. The van der Waals surface area contributed by atoms with Crippen molar-refractivity contribution in [2.45, 2.75) is 31.3 Å². The van der Waals surface area contributed by atoms with Gasteiger partial charge in [0.15, 0.2) is 0 Å². The van der Waals surface area contributed by atoms with E-state index in [-0.39, 0.29) is 11.9 Å². The molecule has 0 unspecified atom stereocenters. The van der Waals surface area contributed by atoms with E-state index in [4.69, 9.17) is 4.74 Å². The number of esters is 1. The first-order valence-electron chi connectivity index (χ1n) is 4.15. The molecule has 0 aromatic carbocycles. The Morgan fingerprint density at radius 2 is 2.36 bits per heavy atom. The second-order valence-electron chi connectivity index (χ2n) is 3.41. The number of ether oxygens (including phenoxy) is 1. The van der Waals surface area contributed by atoms with E-state index in [1.54, 1.807) is 0 Å². The zero-order chi connectivity index (χ0) is 7.84. The molecule has 3 heteroatoms. The van der Waals surface area contributed by atoms with Crippen molar-refractivity contribution >= 4 is 5.97 Å². The van der Waals surface area contributed by atoms with Gasteiger partial charge in [-0.3, -0.25) is 4.79 Å². The van der Waals surface area contributed by atoms with E-state index >= 15 is 0 Å². The molecule has 2 saturated heterocycles. The number of carbonyl (C=O) groups is 1. The third kappa shape index (κ3) is 1.03. The Labute approximate surface area is 66.1 Å². The van der Waals surface area contributed by atoms with E-state index < -0.39 is 0 Å². The predicted molar refractivity (Wildman–Crippen MR) is 40.1 cm³/mol. The SMILES string of the molecule is COC(=O)[C@@H]1C[C@H]2CC[C@@H]1N2. The lowest BCUT2D eigenvalue weighted by Gasteiger charge is -2.16.